The number of rotatable bonds is 5. The highest BCUT2D eigenvalue weighted by atomic mass is 16.2. The van der Waals surface area contributed by atoms with Gasteiger partial charge in [0, 0.05) is 11.8 Å². The molecule has 0 aromatic heterocycles. The molecule has 0 saturated carbocycles. The molecule has 3 aromatic carbocycles. The molecule has 0 radical (unpaired) electrons. The van der Waals surface area contributed by atoms with E-state index in [1.165, 1.54) is 11.0 Å². The summed E-state index contributed by atoms with van der Waals surface area (Å²) in [6, 6.07) is 21.2. The number of para-hydroxylation sites is 2. The van der Waals surface area contributed by atoms with Crippen molar-refractivity contribution in [2.24, 2.45) is 0 Å². The van der Waals surface area contributed by atoms with Crippen molar-refractivity contribution in [1.29, 1.82) is 0 Å². The fourth-order valence-electron chi connectivity index (χ4n) is 3.77. The first kappa shape index (κ1) is 22.0. The topological polar surface area (TPSA) is 78.5 Å². The van der Waals surface area contributed by atoms with Crippen LogP contribution in [-0.4, -0.2) is 23.8 Å². The number of hydrogen-bond acceptors (Lipinski definition) is 3. The van der Waals surface area contributed by atoms with Crippen LogP contribution in [0.2, 0.25) is 0 Å². The molecule has 166 valence electrons. The average molecular weight is 440 g/mol. The summed E-state index contributed by atoms with van der Waals surface area (Å²) >= 11 is 0. The molecule has 1 aliphatic heterocycles. The van der Waals surface area contributed by atoms with Crippen LogP contribution in [0.3, 0.4) is 0 Å². The zero-order valence-corrected chi connectivity index (χ0v) is 18.5. The molecular weight excluding hydrogens is 414 g/mol. The minimum atomic E-state index is -0.973. The second-order valence-corrected chi connectivity index (χ2v) is 8.03. The molecule has 33 heavy (non-hydrogen) atoms. The van der Waals surface area contributed by atoms with E-state index in [-0.39, 0.29) is 18.2 Å². The minimum Gasteiger partial charge on any atom is -0.326 e. The van der Waals surface area contributed by atoms with Crippen molar-refractivity contribution >= 4 is 40.9 Å². The zero-order valence-electron chi connectivity index (χ0n) is 18.5. The maximum Gasteiger partial charge on any atom is 0.251 e. The Morgan fingerprint density at radius 1 is 0.970 bits per heavy atom. The number of carbonyl (C=O) groups is 3. The number of nitrogens with zero attached hydrogens (tertiary/aromatic N) is 1. The van der Waals surface area contributed by atoms with E-state index in [1.807, 2.05) is 62.4 Å². The number of anilines is 3. The zero-order chi connectivity index (χ0) is 23.4. The quantitative estimate of drug-likeness (QED) is 0.566. The van der Waals surface area contributed by atoms with Crippen LogP contribution < -0.4 is 15.5 Å². The van der Waals surface area contributed by atoms with Gasteiger partial charge in [-0.25, -0.2) is 0 Å². The van der Waals surface area contributed by atoms with E-state index in [0.29, 0.717) is 17.1 Å². The van der Waals surface area contributed by atoms with E-state index in [1.54, 1.807) is 30.3 Å². The Bertz CT molecular complexity index is 1230. The number of carbonyl (C=O) groups excluding carboxylic acids is 3. The van der Waals surface area contributed by atoms with E-state index < -0.39 is 11.9 Å². The molecule has 2 N–H and O–H groups in total. The lowest BCUT2D eigenvalue weighted by Gasteiger charge is -2.35. The van der Waals surface area contributed by atoms with E-state index in [2.05, 4.69) is 10.6 Å². The number of nitrogens with one attached hydrogen (secondary N) is 2. The van der Waals surface area contributed by atoms with Gasteiger partial charge < -0.3 is 10.6 Å². The molecule has 1 unspecified atom stereocenters. The van der Waals surface area contributed by atoms with E-state index in [4.69, 9.17) is 0 Å². The monoisotopic (exact) mass is 439 g/mol. The summed E-state index contributed by atoms with van der Waals surface area (Å²) in [6.45, 7) is 3.97. The predicted molar refractivity (Wildman–Crippen MR) is 131 cm³/mol. The highest BCUT2D eigenvalue weighted by molar-refractivity contribution is 6.16. The maximum absolute atomic E-state index is 13.2. The van der Waals surface area contributed by atoms with E-state index in [9.17, 15) is 14.4 Å². The predicted octanol–water partition coefficient (Wildman–Crippen LogP) is 4.70. The Morgan fingerprint density at radius 2 is 1.70 bits per heavy atom. The molecule has 1 heterocycles. The van der Waals surface area contributed by atoms with Gasteiger partial charge >= 0.3 is 0 Å². The number of fused-ring (bicyclic) bond motifs is 1. The lowest BCUT2D eigenvalue weighted by Crippen LogP contribution is -2.52. The van der Waals surface area contributed by atoms with Gasteiger partial charge in [0.25, 0.3) is 5.91 Å². The smallest absolute Gasteiger partial charge is 0.251 e. The Labute approximate surface area is 192 Å². The van der Waals surface area contributed by atoms with Crippen LogP contribution in [0, 0.1) is 13.8 Å². The van der Waals surface area contributed by atoms with Crippen LogP contribution in [-0.2, 0) is 14.4 Å². The van der Waals surface area contributed by atoms with Crippen molar-refractivity contribution in [3.8, 4) is 0 Å². The van der Waals surface area contributed by atoms with Crippen molar-refractivity contribution in [1.82, 2.24) is 0 Å². The molecule has 1 aliphatic rings. The number of amides is 3. The Balaban J connectivity index is 1.59. The van der Waals surface area contributed by atoms with Gasteiger partial charge in [0.15, 0.2) is 0 Å². The molecule has 0 saturated heterocycles. The highest BCUT2D eigenvalue weighted by Gasteiger charge is 2.37. The van der Waals surface area contributed by atoms with Gasteiger partial charge in [-0.3, -0.25) is 19.3 Å². The van der Waals surface area contributed by atoms with Crippen LogP contribution in [0.25, 0.3) is 6.08 Å². The minimum absolute atomic E-state index is 0.169. The molecule has 1 atom stereocenters. The van der Waals surface area contributed by atoms with Crippen LogP contribution >= 0.6 is 0 Å². The molecule has 4 rings (SSSR count). The van der Waals surface area contributed by atoms with Gasteiger partial charge in [0.2, 0.25) is 11.8 Å². The van der Waals surface area contributed by atoms with Crippen LogP contribution in [0.15, 0.2) is 78.9 Å². The van der Waals surface area contributed by atoms with Crippen LogP contribution in [0.5, 0.6) is 0 Å². The van der Waals surface area contributed by atoms with Crippen LogP contribution in [0.4, 0.5) is 17.1 Å². The molecule has 6 nitrogen and oxygen atoms in total. The van der Waals surface area contributed by atoms with Gasteiger partial charge in [-0.05, 0) is 60.9 Å². The van der Waals surface area contributed by atoms with Crippen molar-refractivity contribution in [2.75, 3.05) is 15.5 Å². The molecule has 0 aliphatic carbocycles. The first-order valence-corrected chi connectivity index (χ1v) is 10.8. The molecule has 6 heteroatoms. The fourth-order valence-corrected chi connectivity index (χ4v) is 3.77. The van der Waals surface area contributed by atoms with Crippen LogP contribution in [0.1, 0.15) is 23.1 Å². The number of hydrogen-bond donors (Lipinski definition) is 2. The highest BCUT2D eigenvalue weighted by Crippen LogP contribution is 2.33. The summed E-state index contributed by atoms with van der Waals surface area (Å²) in [4.78, 5) is 40.4. The fraction of sp³-hybridized carbons (Fsp3) is 0.148. The number of benzene rings is 3. The number of aryl methyl sites for hydroxylation is 2. The Morgan fingerprint density at radius 3 is 2.45 bits per heavy atom. The normalized spacial score (nSPS) is 15.2. The molecule has 3 amide bonds. The van der Waals surface area contributed by atoms with E-state index in [0.717, 1.165) is 16.7 Å². The van der Waals surface area contributed by atoms with Gasteiger partial charge in [-0.2, -0.15) is 0 Å². The molecule has 0 fully saturated rings. The standard InChI is InChI=1S/C27H25N3O3/c1-18-12-14-21(16-19(18)2)28-25(31)17-24-27(33)29-22-10-6-7-11-23(22)30(24)26(32)15-13-20-8-4-3-5-9-20/h3-16,24H,17H2,1-2H3,(H,28,31)(H,29,33). The first-order chi connectivity index (χ1) is 15.9. The Kier molecular flexibility index (Phi) is 6.36. The maximum atomic E-state index is 13.2. The average Bonchev–Trinajstić information content (AvgIpc) is 2.81. The van der Waals surface area contributed by atoms with Gasteiger partial charge in [-0.1, -0.05) is 48.5 Å². The van der Waals surface area contributed by atoms with Crippen molar-refractivity contribution in [3.05, 3.63) is 95.6 Å². The summed E-state index contributed by atoms with van der Waals surface area (Å²) < 4.78 is 0. The summed E-state index contributed by atoms with van der Waals surface area (Å²) in [5.74, 6) is -1.11. The summed E-state index contributed by atoms with van der Waals surface area (Å²) in [7, 11) is 0. The van der Waals surface area contributed by atoms with Gasteiger partial charge in [0.05, 0.1) is 17.8 Å². The molecule has 0 spiro atoms. The van der Waals surface area contributed by atoms with Crippen molar-refractivity contribution in [2.45, 2.75) is 26.3 Å². The molecule has 3 aromatic rings. The molecular formula is C27H25N3O3. The third-order valence-corrected chi connectivity index (χ3v) is 5.66. The first-order valence-electron chi connectivity index (χ1n) is 10.8. The summed E-state index contributed by atoms with van der Waals surface area (Å²) in [6.07, 6.45) is 2.96. The lowest BCUT2D eigenvalue weighted by molar-refractivity contribution is -0.124. The van der Waals surface area contributed by atoms with E-state index >= 15 is 0 Å². The van der Waals surface area contributed by atoms with Crippen molar-refractivity contribution in [3.63, 3.8) is 0 Å². The largest absolute Gasteiger partial charge is 0.326 e. The SMILES string of the molecule is Cc1ccc(NC(=O)CC2C(=O)Nc3ccccc3N2C(=O)C=Cc2ccccc2)cc1C. The Hall–Kier alpha value is -4.19. The van der Waals surface area contributed by atoms with Crippen molar-refractivity contribution < 1.29 is 14.4 Å². The van der Waals surface area contributed by atoms with Gasteiger partial charge in [-0.15, -0.1) is 0 Å². The third-order valence-electron chi connectivity index (χ3n) is 5.66. The third kappa shape index (κ3) is 5.01. The summed E-state index contributed by atoms with van der Waals surface area (Å²) in [5.41, 5.74) is 4.79. The van der Waals surface area contributed by atoms with Gasteiger partial charge in [0.1, 0.15) is 6.04 Å². The lowest BCUT2D eigenvalue weighted by atomic mass is 10.0. The second kappa shape index (κ2) is 9.53. The second-order valence-electron chi connectivity index (χ2n) is 8.03. The molecule has 0 bridgehead atoms. The summed E-state index contributed by atoms with van der Waals surface area (Å²) in [5, 5.41) is 5.66.